The molecule has 0 unspecified atom stereocenters. The van der Waals surface area contributed by atoms with Crippen molar-refractivity contribution in [1.29, 1.82) is 0 Å². The summed E-state index contributed by atoms with van der Waals surface area (Å²) in [6.45, 7) is 1.51. The summed E-state index contributed by atoms with van der Waals surface area (Å²) in [5.74, 6) is -0.163. The summed E-state index contributed by atoms with van der Waals surface area (Å²) in [5.41, 5.74) is -1.23. The molecule has 0 saturated carbocycles. The van der Waals surface area contributed by atoms with E-state index in [1.807, 2.05) is 0 Å². The minimum atomic E-state index is -4.61. The molecular formula is C19H18ClF3N2O5S. The van der Waals surface area contributed by atoms with Crippen LogP contribution in [0.25, 0.3) is 0 Å². The normalized spacial score (nSPS) is 14.9. The molecule has 0 aromatic heterocycles. The Balaban J connectivity index is 1.69. The van der Waals surface area contributed by atoms with Gasteiger partial charge in [0.1, 0.15) is 5.75 Å². The van der Waals surface area contributed by atoms with E-state index in [1.165, 1.54) is 18.2 Å². The third kappa shape index (κ3) is 6.02. The van der Waals surface area contributed by atoms with Crippen LogP contribution in [-0.4, -0.2) is 52.1 Å². The number of sulfonamides is 1. The molecule has 7 nitrogen and oxygen atoms in total. The minimum absolute atomic E-state index is 0.0679. The highest BCUT2D eigenvalue weighted by Gasteiger charge is 2.30. The molecule has 0 radical (unpaired) electrons. The Kier molecular flexibility index (Phi) is 6.97. The van der Waals surface area contributed by atoms with Gasteiger partial charge < -0.3 is 14.4 Å². The van der Waals surface area contributed by atoms with Crippen LogP contribution in [0.4, 0.5) is 18.9 Å². The highest BCUT2D eigenvalue weighted by molar-refractivity contribution is 7.92. The van der Waals surface area contributed by atoms with Crippen LogP contribution < -0.4 is 9.46 Å². The van der Waals surface area contributed by atoms with Gasteiger partial charge in [0, 0.05) is 18.8 Å². The smallest absolute Gasteiger partial charge is 0.416 e. The van der Waals surface area contributed by atoms with Gasteiger partial charge >= 0.3 is 6.18 Å². The average molecular weight is 479 g/mol. The van der Waals surface area contributed by atoms with Crippen LogP contribution >= 0.6 is 11.6 Å². The second kappa shape index (κ2) is 9.33. The predicted molar refractivity (Wildman–Crippen MR) is 107 cm³/mol. The van der Waals surface area contributed by atoms with E-state index < -0.39 is 21.8 Å². The lowest BCUT2D eigenvalue weighted by Gasteiger charge is -2.26. The number of hydrogen-bond acceptors (Lipinski definition) is 5. The summed E-state index contributed by atoms with van der Waals surface area (Å²) in [6, 6.07) is 7.35. The van der Waals surface area contributed by atoms with Crippen molar-refractivity contribution in [3.05, 3.63) is 53.1 Å². The van der Waals surface area contributed by atoms with Crippen molar-refractivity contribution in [3.63, 3.8) is 0 Å². The number of halogens is 4. The van der Waals surface area contributed by atoms with Gasteiger partial charge in [0.25, 0.3) is 15.9 Å². The van der Waals surface area contributed by atoms with E-state index in [9.17, 15) is 26.4 Å². The largest absolute Gasteiger partial charge is 0.482 e. The number of ether oxygens (including phenoxy) is 2. The number of carbonyl (C=O) groups excluding carboxylic acids is 1. The predicted octanol–water partition coefficient (Wildman–Crippen LogP) is 3.40. The molecule has 2 aromatic rings. The Morgan fingerprint density at radius 1 is 1.16 bits per heavy atom. The Morgan fingerprint density at radius 3 is 2.52 bits per heavy atom. The molecule has 0 bridgehead atoms. The number of carbonyl (C=O) groups is 1. The van der Waals surface area contributed by atoms with Crippen molar-refractivity contribution in [2.45, 2.75) is 11.1 Å². The van der Waals surface area contributed by atoms with Crippen molar-refractivity contribution in [2.24, 2.45) is 0 Å². The molecule has 1 N–H and O–H groups in total. The van der Waals surface area contributed by atoms with Crippen LogP contribution in [0.1, 0.15) is 5.56 Å². The Hall–Kier alpha value is -2.50. The molecule has 1 amide bonds. The first kappa shape index (κ1) is 23.2. The number of alkyl halides is 3. The fraction of sp³-hybridized carbons (Fsp3) is 0.316. The molecule has 2 aromatic carbocycles. The number of benzene rings is 2. The van der Waals surface area contributed by atoms with Crippen molar-refractivity contribution < 1.29 is 35.9 Å². The lowest BCUT2D eigenvalue weighted by Crippen LogP contribution is -2.43. The lowest BCUT2D eigenvalue weighted by molar-refractivity contribution is -0.138. The van der Waals surface area contributed by atoms with Crippen LogP contribution in [0.3, 0.4) is 0 Å². The average Bonchev–Trinajstić information content (AvgIpc) is 2.72. The molecule has 1 aliphatic heterocycles. The quantitative estimate of drug-likeness (QED) is 0.688. The summed E-state index contributed by atoms with van der Waals surface area (Å²) >= 11 is 6.08. The fourth-order valence-electron chi connectivity index (χ4n) is 2.78. The molecule has 31 heavy (non-hydrogen) atoms. The monoisotopic (exact) mass is 478 g/mol. The van der Waals surface area contributed by atoms with E-state index in [2.05, 4.69) is 4.72 Å². The standard InChI is InChI=1S/C19H18ClF3N2O5S/c20-16-11-15(4-5-17(16)30-12-18(26)25-6-8-29-9-7-25)31(27,28)24-14-3-1-2-13(10-14)19(21,22)23/h1-5,10-11,24H,6-9,12H2. The number of nitrogens with zero attached hydrogens (tertiary/aromatic N) is 1. The van der Waals surface area contributed by atoms with E-state index in [-0.39, 0.29) is 33.9 Å². The molecule has 0 atom stereocenters. The maximum Gasteiger partial charge on any atom is 0.416 e. The Labute approximate surface area is 181 Å². The van der Waals surface area contributed by atoms with Gasteiger partial charge in [-0.2, -0.15) is 13.2 Å². The van der Waals surface area contributed by atoms with E-state index in [4.69, 9.17) is 21.1 Å². The van der Waals surface area contributed by atoms with Crippen molar-refractivity contribution in [3.8, 4) is 5.75 Å². The van der Waals surface area contributed by atoms with E-state index in [0.717, 1.165) is 18.2 Å². The second-order valence-corrected chi connectivity index (χ2v) is 8.65. The summed E-state index contributed by atoms with van der Waals surface area (Å²) in [6.07, 6.45) is -4.61. The molecule has 1 aliphatic rings. The maximum atomic E-state index is 12.8. The van der Waals surface area contributed by atoms with Gasteiger partial charge in [-0.1, -0.05) is 17.7 Å². The van der Waals surface area contributed by atoms with E-state index in [1.54, 1.807) is 4.90 Å². The molecule has 1 heterocycles. The molecule has 12 heteroatoms. The van der Waals surface area contributed by atoms with Crippen LogP contribution in [-0.2, 0) is 25.7 Å². The van der Waals surface area contributed by atoms with Gasteiger partial charge in [0.15, 0.2) is 6.61 Å². The molecular weight excluding hydrogens is 461 g/mol. The van der Waals surface area contributed by atoms with Gasteiger partial charge in [-0.3, -0.25) is 9.52 Å². The fourth-order valence-corrected chi connectivity index (χ4v) is 4.16. The number of anilines is 1. The van der Waals surface area contributed by atoms with Crippen LogP contribution in [0, 0.1) is 0 Å². The first-order valence-electron chi connectivity index (χ1n) is 9.04. The van der Waals surface area contributed by atoms with Crippen LogP contribution in [0.2, 0.25) is 5.02 Å². The molecule has 0 spiro atoms. The minimum Gasteiger partial charge on any atom is -0.482 e. The number of morpholine rings is 1. The molecule has 1 saturated heterocycles. The topological polar surface area (TPSA) is 84.9 Å². The van der Waals surface area contributed by atoms with Gasteiger partial charge in [-0.05, 0) is 36.4 Å². The van der Waals surface area contributed by atoms with Crippen molar-refractivity contribution in [2.75, 3.05) is 37.6 Å². The molecule has 3 rings (SSSR count). The maximum absolute atomic E-state index is 12.8. The number of nitrogens with one attached hydrogen (secondary N) is 1. The molecule has 1 fully saturated rings. The summed E-state index contributed by atoms with van der Waals surface area (Å²) < 4.78 is 76.2. The van der Waals surface area contributed by atoms with Gasteiger partial charge in [-0.25, -0.2) is 8.42 Å². The Morgan fingerprint density at radius 2 is 1.87 bits per heavy atom. The number of hydrogen-bond donors (Lipinski definition) is 1. The SMILES string of the molecule is O=C(COc1ccc(S(=O)(=O)Nc2cccc(C(F)(F)F)c2)cc1Cl)N1CCOCC1. The second-order valence-electron chi connectivity index (χ2n) is 6.56. The van der Waals surface area contributed by atoms with Crippen LogP contribution in [0.5, 0.6) is 5.75 Å². The van der Waals surface area contributed by atoms with Gasteiger partial charge in [0.2, 0.25) is 0 Å². The first-order chi connectivity index (χ1) is 14.6. The summed E-state index contributed by atoms with van der Waals surface area (Å²) in [4.78, 5) is 13.4. The number of amides is 1. The van der Waals surface area contributed by atoms with Gasteiger partial charge in [0.05, 0.1) is 28.7 Å². The van der Waals surface area contributed by atoms with Crippen LogP contribution in [0.15, 0.2) is 47.4 Å². The first-order valence-corrected chi connectivity index (χ1v) is 10.9. The number of rotatable bonds is 6. The van der Waals surface area contributed by atoms with Crippen molar-refractivity contribution in [1.82, 2.24) is 4.90 Å². The zero-order valence-electron chi connectivity index (χ0n) is 16.0. The van der Waals surface area contributed by atoms with E-state index in [0.29, 0.717) is 32.4 Å². The lowest BCUT2D eigenvalue weighted by atomic mass is 10.2. The zero-order valence-corrected chi connectivity index (χ0v) is 17.6. The summed E-state index contributed by atoms with van der Waals surface area (Å²) in [5, 5.41) is -0.0679. The third-order valence-corrected chi connectivity index (χ3v) is 6.05. The highest BCUT2D eigenvalue weighted by atomic mass is 35.5. The third-order valence-electron chi connectivity index (χ3n) is 4.37. The molecule has 168 valence electrons. The van der Waals surface area contributed by atoms with Gasteiger partial charge in [-0.15, -0.1) is 0 Å². The Bertz CT molecular complexity index is 1060. The highest BCUT2D eigenvalue weighted by Crippen LogP contribution is 2.32. The van der Waals surface area contributed by atoms with Crippen molar-refractivity contribution >= 4 is 33.2 Å². The zero-order chi connectivity index (χ0) is 22.6. The summed E-state index contributed by atoms with van der Waals surface area (Å²) in [7, 11) is -4.21. The van der Waals surface area contributed by atoms with E-state index >= 15 is 0 Å². The molecule has 0 aliphatic carbocycles.